The molecule has 3 aromatic carbocycles. The molecule has 0 aromatic heterocycles. The van der Waals surface area contributed by atoms with Crippen molar-refractivity contribution in [1.29, 1.82) is 5.26 Å². The molecule has 0 spiro atoms. The molecule has 2 heterocycles. The van der Waals surface area contributed by atoms with Gasteiger partial charge in [0.05, 0.1) is 5.60 Å². The second-order valence-corrected chi connectivity index (χ2v) is 22.0. The first-order valence-corrected chi connectivity index (χ1v) is 28.5. The second-order valence-electron chi connectivity index (χ2n) is 21.7. The van der Waals surface area contributed by atoms with Gasteiger partial charge in [-0.1, -0.05) is 120 Å². The van der Waals surface area contributed by atoms with E-state index in [0.717, 1.165) is 11.1 Å². The Balaban J connectivity index is 0.000000372. The zero-order valence-corrected chi connectivity index (χ0v) is 49.3. The summed E-state index contributed by atoms with van der Waals surface area (Å²) in [6.07, 6.45) is 28.8. The molecule has 14 heteroatoms. The molecule has 3 saturated carbocycles. The van der Waals surface area contributed by atoms with Gasteiger partial charge in [0.25, 0.3) is 6.26 Å². The molecule has 426 valence electrons. The number of alkyl halides is 1. The summed E-state index contributed by atoms with van der Waals surface area (Å²) in [6.45, 7) is 18.9. The molecule has 1 unspecified atom stereocenters. The maximum absolute atomic E-state index is 13.3. The second kappa shape index (κ2) is 34.1. The van der Waals surface area contributed by atoms with E-state index in [1.165, 1.54) is 133 Å². The summed E-state index contributed by atoms with van der Waals surface area (Å²) < 4.78 is 56.1. The number of hydrogen-bond acceptors (Lipinski definition) is 7. The summed E-state index contributed by atoms with van der Waals surface area (Å²) in [5.74, 6) is 1.23. The molecule has 8 rings (SSSR count). The van der Waals surface area contributed by atoms with Crippen LogP contribution in [0, 0.1) is 46.7 Å². The van der Waals surface area contributed by atoms with Gasteiger partial charge in [-0.05, 0) is 143 Å². The Labute approximate surface area is 494 Å². The number of hydrogen-bond donors (Lipinski definition) is 1. The zero-order chi connectivity index (χ0) is 55.1. The van der Waals surface area contributed by atoms with E-state index in [9.17, 15) is 27.9 Å². The first kappa shape index (κ1) is 68.0. The minimum Gasteiger partial charge on any atom is -1.00 e. The minimum atomic E-state index is -1.03. The number of carbonyl (C=O) groups is 2. The predicted molar refractivity (Wildman–Crippen MR) is 304 cm³/mol. The SMILES string of the molecule is C.C=CCC(O)(CCCl)c1ccc(F)cc1.C=CC[C@@]1(c2ccc(F)cc2)CCN([C@@H](C)C2CCCCC2)C(=O)O1.C=CC[C@]1(c2ccc(F)cc2)CCN([C@@H](C)C2CCCCC2)C(=O)O1.C[C@H](OC#N)C1CCCCC1.[H-].[Na+]. The molecule has 0 bridgehead atoms. The largest absolute Gasteiger partial charge is 1.00 e. The quantitative estimate of drug-likeness (QED) is 0.0620. The predicted octanol–water partition coefficient (Wildman–Crippen LogP) is 14.2. The molecule has 2 amide bonds. The molecular formula is C64H90ClF3N3NaO6. The van der Waals surface area contributed by atoms with Crippen LogP contribution in [0.4, 0.5) is 22.8 Å². The van der Waals surface area contributed by atoms with E-state index in [1.54, 1.807) is 60.9 Å². The standard InChI is InChI=1S/2C21H28FNO2.C12H14ClFO.C9H15NO.CH4.Na.H/c2*1-3-13-21(18-9-11-19(22)12-10-18)14-15-23(20(24)25-21)16(2)17-7-5-4-6-8-17;1-2-7-12(15,8-9-13)10-3-5-11(14)6-4-10;1-8(11-7-10)9-5-3-2-4-6-9;;;/h2*3,9-12,16-17H,1,4-8,13-15H2,2H3;2-6,15H,1,7-9H2;8-9H,2-6H2,1H3;1H4;;/q;;;;;+1;-1/t16-,21+;16-,21-;;8-;;;/m00.0.../s1. The van der Waals surface area contributed by atoms with Gasteiger partial charge in [-0.2, -0.15) is 5.26 Å². The van der Waals surface area contributed by atoms with Crippen molar-refractivity contribution in [2.24, 2.45) is 17.8 Å². The third-order valence-electron chi connectivity index (χ3n) is 16.8. The summed E-state index contributed by atoms with van der Waals surface area (Å²) in [4.78, 5) is 29.4. The zero-order valence-electron chi connectivity index (χ0n) is 47.6. The number of ether oxygens (including phenoxy) is 3. The molecular weight excluding hydrogens is 1020 g/mol. The van der Waals surface area contributed by atoms with Crippen molar-refractivity contribution in [2.75, 3.05) is 19.0 Å². The van der Waals surface area contributed by atoms with Crippen LogP contribution in [-0.4, -0.2) is 64.2 Å². The number of rotatable bonds is 17. The molecule has 1 N–H and O–H groups in total. The average molecular weight is 1110 g/mol. The van der Waals surface area contributed by atoms with Crippen LogP contribution in [0.25, 0.3) is 0 Å². The topological polar surface area (TPSA) is 112 Å². The van der Waals surface area contributed by atoms with E-state index in [2.05, 4.69) is 33.6 Å². The van der Waals surface area contributed by atoms with Gasteiger partial charge in [0, 0.05) is 56.7 Å². The Kier molecular flexibility index (Phi) is 29.8. The van der Waals surface area contributed by atoms with Crippen LogP contribution in [0.15, 0.2) is 111 Å². The van der Waals surface area contributed by atoms with Crippen LogP contribution in [-0.2, 0) is 31.0 Å². The monoisotopic (exact) mass is 1110 g/mol. The molecule has 3 aromatic rings. The first-order chi connectivity index (χ1) is 36.6. The fourth-order valence-corrected chi connectivity index (χ4v) is 12.3. The van der Waals surface area contributed by atoms with Gasteiger partial charge in [-0.25, -0.2) is 22.8 Å². The summed E-state index contributed by atoms with van der Waals surface area (Å²) in [5.41, 5.74) is -0.134. The number of nitrogens with zero attached hydrogens (tertiary/aromatic N) is 3. The van der Waals surface area contributed by atoms with Crippen LogP contribution in [0.1, 0.15) is 181 Å². The smallest absolute Gasteiger partial charge is 1.00 e. The molecule has 3 aliphatic carbocycles. The van der Waals surface area contributed by atoms with E-state index in [4.69, 9.17) is 31.1 Å². The third-order valence-corrected chi connectivity index (χ3v) is 17.0. The molecule has 5 aliphatic rings. The first-order valence-electron chi connectivity index (χ1n) is 28.0. The average Bonchev–Trinajstić information content (AvgIpc) is 3.43. The molecule has 0 radical (unpaired) electrons. The number of amides is 2. The van der Waals surface area contributed by atoms with Crippen molar-refractivity contribution in [3.63, 3.8) is 0 Å². The van der Waals surface area contributed by atoms with Crippen LogP contribution in [0.2, 0.25) is 0 Å². The van der Waals surface area contributed by atoms with E-state index >= 15 is 0 Å². The van der Waals surface area contributed by atoms with Crippen molar-refractivity contribution in [3.8, 4) is 6.26 Å². The van der Waals surface area contributed by atoms with Gasteiger partial charge in [0.1, 0.15) is 34.8 Å². The Morgan fingerprint density at radius 3 is 1.36 bits per heavy atom. The summed E-state index contributed by atoms with van der Waals surface area (Å²) in [6, 6.07) is 18.8. The van der Waals surface area contributed by atoms with E-state index in [1.807, 2.05) is 16.7 Å². The van der Waals surface area contributed by atoms with Crippen LogP contribution in [0.3, 0.4) is 0 Å². The van der Waals surface area contributed by atoms with Gasteiger partial charge in [-0.3, -0.25) is 0 Å². The van der Waals surface area contributed by atoms with Crippen molar-refractivity contribution in [2.45, 2.75) is 198 Å². The van der Waals surface area contributed by atoms with Crippen LogP contribution >= 0.6 is 11.6 Å². The van der Waals surface area contributed by atoms with Gasteiger partial charge in [-0.15, -0.1) is 31.3 Å². The maximum Gasteiger partial charge on any atom is 1.00 e. The van der Waals surface area contributed by atoms with Crippen LogP contribution < -0.4 is 29.6 Å². The number of benzene rings is 3. The Morgan fingerprint density at radius 2 is 1.04 bits per heavy atom. The van der Waals surface area contributed by atoms with Crippen molar-refractivity contribution < 1.29 is 73.1 Å². The Hall–Kier alpha value is -4.25. The number of nitriles is 1. The number of cyclic esters (lactones) is 2. The van der Waals surface area contributed by atoms with Crippen molar-refractivity contribution in [1.82, 2.24) is 9.80 Å². The van der Waals surface area contributed by atoms with Crippen molar-refractivity contribution >= 4 is 23.8 Å². The van der Waals surface area contributed by atoms with Crippen molar-refractivity contribution in [3.05, 3.63) is 145 Å². The number of aliphatic hydroxyl groups is 1. The summed E-state index contributed by atoms with van der Waals surface area (Å²) in [7, 11) is 0. The van der Waals surface area contributed by atoms with Crippen LogP contribution in [0.5, 0.6) is 0 Å². The molecule has 78 heavy (non-hydrogen) atoms. The molecule has 6 atom stereocenters. The van der Waals surface area contributed by atoms with Gasteiger partial charge in [0.15, 0.2) is 0 Å². The van der Waals surface area contributed by atoms with E-state index in [0.29, 0.717) is 80.8 Å². The molecule has 5 fully saturated rings. The fourth-order valence-electron chi connectivity index (χ4n) is 12.0. The minimum absolute atomic E-state index is 0. The number of halogens is 4. The van der Waals surface area contributed by atoms with Gasteiger partial charge < -0.3 is 30.5 Å². The summed E-state index contributed by atoms with van der Waals surface area (Å²) in [5, 5.41) is 18.6. The Bertz CT molecular complexity index is 2200. The normalized spacial score (nSPS) is 22.7. The molecule has 2 aliphatic heterocycles. The molecule has 2 saturated heterocycles. The summed E-state index contributed by atoms with van der Waals surface area (Å²) >= 11 is 5.63. The van der Waals surface area contributed by atoms with Gasteiger partial charge >= 0.3 is 41.7 Å². The van der Waals surface area contributed by atoms with E-state index < -0.39 is 16.8 Å². The van der Waals surface area contributed by atoms with Gasteiger partial charge in [0.2, 0.25) is 0 Å². The van der Waals surface area contributed by atoms with E-state index in [-0.39, 0.29) is 86.2 Å². The molecule has 9 nitrogen and oxygen atoms in total. The fraction of sp³-hybridized carbons (Fsp3) is 0.578. The maximum atomic E-state index is 13.3. The third kappa shape index (κ3) is 19.2. The number of carbonyl (C=O) groups excluding carboxylic acids is 2. The Morgan fingerprint density at radius 1 is 0.679 bits per heavy atom.